The summed E-state index contributed by atoms with van der Waals surface area (Å²) in [7, 11) is 0. The molecule has 0 fully saturated rings. The van der Waals surface area contributed by atoms with E-state index in [1.165, 1.54) is 6.07 Å². The minimum Gasteiger partial charge on any atom is -0.494 e. The Morgan fingerprint density at radius 1 is 1.30 bits per heavy atom. The Labute approximate surface area is 113 Å². The highest BCUT2D eigenvalue weighted by Crippen LogP contribution is 2.34. The smallest absolute Gasteiger partial charge is 0.433 e. The highest BCUT2D eigenvalue weighted by atomic mass is 19.4. The molecule has 1 aromatic heterocycles. The number of ether oxygens (including phenoxy) is 1. The molecule has 7 heteroatoms. The second-order valence-corrected chi connectivity index (χ2v) is 4.22. The number of hydrogen-bond donors (Lipinski definition) is 2. The molecule has 0 unspecified atom stereocenters. The summed E-state index contributed by atoms with van der Waals surface area (Å²) in [5, 5.41) is 0.481. The molecule has 0 saturated carbocycles. The zero-order valence-corrected chi connectivity index (χ0v) is 10.8. The largest absolute Gasteiger partial charge is 0.494 e. The van der Waals surface area contributed by atoms with Crippen molar-refractivity contribution in [2.24, 2.45) is 5.84 Å². The van der Waals surface area contributed by atoms with Crippen LogP contribution in [0.4, 0.5) is 18.9 Å². The third kappa shape index (κ3) is 2.93. The first-order valence-corrected chi connectivity index (χ1v) is 6.07. The monoisotopic (exact) mass is 285 g/mol. The number of fused-ring (bicyclic) bond motifs is 1. The average Bonchev–Trinajstić information content (AvgIpc) is 2.42. The Balaban J connectivity index is 2.53. The Bertz CT molecular complexity index is 614. The van der Waals surface area contributed by atoms with Gasteiger partial charge in [0.15, 0.2) is 0 Å². The number of halogens is 3. The molecule has 0 aliphatic rings. The molecular weight excluding hydrogens is 271 g/mol. The summed E-state index contributed by atoms with van der Waals surface area (Å²) in [6.07, 6.45) is -3.68. The Kier molecular flexibility index (Phi) is 3.99. The van der Waals surface area contributed by atoms with Crippen LogP contribution in [0.15, 0.2) is 24.3 Å². The normalized spacial score (nSPS) is 11.7. The van der Waals surface area contributed by atoms with E-state index in [1.54, 1.807) is 12.1 Å². The van der Waals surface area contributed by atoms with Gasteiger partial charge in [-0.25, -0.2) is 4.98 Å². The van der Waals surface area contributed by atoms with Gasteiger partial charge in [-0.2, -0.15) is 13.2 Å². The van der Waals surface area contributed by atoms with Crippen molar-refractivity contribution in [2.75, 3.05) is 12.0 Å². The van der Waals surface area contributed by atoms with E-state index in [-0.39, 0.29) is 11.2 Å². The lowest BCUT2D eigenvalue weighted by Crippen LogP contribution is -2.12. The second kappa shape index (κ2) is 5.54. The molecule has 1 aromatic carbocycles. The van der Waals surface area contributed by atoms with Gasteiger partial charge in [-0.1, -0.05) is 6.92 Å². The number of nitrogens with zero attached hydrogens (tertiary/aromatic N) is 1. The van der Waals surface area contributed by atoms with Crippen molar-refractivity contribution in [2.45, 2.75) is 19.5 Å². The van der Waals surface area contributed by atoms with Crippen LogP contribution in [0, 0.1) is 0 Å². The third-order valence-electron chi connectivity index (χ3n) is 2.70. The van der Waals surface area contributed by atoms with Crippen LogP contribution in [0.5, 0.6) is 5.75 Å². The molecule has 3 N–H and O–H groups in total. The van der Waals surface area contributed by atoms with Crippen LogP contribution in [-0.2, 0) is 6.18 Å². The Morgan fingerprint density at radius 3 is 2.65 bits per heavy atom. The summed E-state index contributed by atoms with van der Waals surface area (Å²) in [6.45, 7) is 2.50. The van der Waals surface area contributed by atoms with Crippen molar-refractivity contribution in [3.05, 3.63) is 30.0 Å². The third-order valence-corrected chi connectivity index (χ3v) is 2.70. The quantitative estimate of drug-likeness (QED) is 0.668. The summed E-state index contributed by atoms with van der Waals surface area (Å²) in [4.78, 5) is 3.60. The molecule has 20 heavy (non-hydrogen) atoms. The number of rotatable bonds is 4. The van der Waals surface area contributed by atoms with Crippen molar-refractivity contribution in [1.29, 1.82) is 0 Å². The zero-order chi connectivity index (χ0) is 14.8. The van der Waals surface area contributed by atoms with Crippen molar-refractivity contribution in [3.8, 4) is 5.75 Å². The molecule has 0 aliphatic carbocycles. The molecular formula is C13H14F3N3O. The van der Waals surface area contributed by atoms with Crippen molar-refractivity contribution >= 4 is 16.6 Å². The fourth-order valence-electron chi connectivity index (χ4n) is 1.78. The van der Waals surface area contributed by atoms with E-state index in [9.17, 15) is 13.2 Å². The highest BCUT2D eigenvalue weighted by Gasteiger charge is 2.33. The molecule has 0 amide bonds. The first-order valence-electron chi connectivity index (χ1n) is 6.07. The van der Waals surface area contributed by atoms with Gasteiger partial charge in [0.05, 0.1) is 17.8 Å². The average molecular weight is 285 g/mol. The minimum absolute atomic E-state index is 0.157. The van der Waals surface area contributed by atoms with Gasteiger partial charge in [0, 0.05) is 5.39 Å². The van der Waals surface area contributed by atoms with E-state index in [1.807, 2.05) is 6.92 Å². The molecule has 4 nitrogen and oxygen atoms in total. The van der Waals surface area contributed by atoms with Crippen LogP contribution in [-0.4, -0.2) is 11.6 Å². The molecule has 0 radical (unpaired) electrons. The molecule has 2 rings (SSSR count). The Hall–Kier alpha value is -2.02. The number of nitrogens with one attached hydrogen (secondary N) is 1. The van der Waals surface area contributed by atoms with Crippen molar-refractivity contribution in [3.63, 3.8) is 0 Å². The van der Waals surface area contributed by atoms with Gasteiger partial charge in [-0.05, 0) is 30.7 Å². The number of nitrogen functional groups attached to an aromatic ring is 1. The molecule has 2 aromatic rings. The summed E-state index contributed by atoms with van der Waals surface area (Å²) >= 11 is 0. The fraction of sp³-hybridized carbons (Fsp3) is 0.308. The van der Waals surface area contributed by atoms with Crippen LogP contribution < -0.4 is 16.0 Å². The van der Waals surface area contributed by atoms with Gasteiger partial charge in [0.1, 0.15) is 11.4 Å². The fourth-order valence-corrected chi connectivity index (χ4v) is 1.78. The van der Waals surface area contributed by atoms with Crippen LogP contribution in [0.25, 0.3) is 10.9 Å². The van der Waals surface area contributed by atoms with E-state index >= 15 is 0 Å². The molecule has 0 spiro atoms. The number of hydrazine groups is 1. The summed E-state index contributed by atoms with van der Waals surface area (Å²) in [5.74, 6) is 5.86. The molecule has 0 atom stereocenters. The van der Waals surface area contributed by atoms with Crippen LogP contribution in [0.1, 0.15) is 19.0 Å². The summed E-state index contributed by atoms with van der Waals surface area (Å²) in [5.41, 5.74) is 1.65. The van der Waals surface area contributed by atoms with Crippen LogP contribution in [0.2, 0.25) is 0 Å². The van der Waals surface area contributed by atoms with E-state index in [4.69, 9.17) is 10.6 Å². The lowest BCUT2D eigenvalue weighted by molar-refractivity contribution is -0.140. The molecule has 108 valence electrons. The zero-order valence-electron chi connectivity index (χ0n) is 10.8. The van der Waals surface area contributed by atoms with Gasteiger partial charge < -0.3 is 10.2 Å². The van der Waals surface area contributed by atoms with E-state index < -0.39 is 11.9 Å². The van der Waals surface area contributed by atoms with Gasteiger partial charge >= 0.3 is 6.18 Å². The lowest BCUT2D eigenvalue weighted by atomic mass is 10.1. The van der Waals surface area contributed by atoms with Crippen LogP contribution >= 0.6 is 0 Å². The van der Waals surface area contributed by atoms with Crippen molar-refractivity contribution < 1.29 is 17.9 Å². The highest BCUT2D eigenvalue weighted by molar-refractivity contribution is 5.92. The summed E-state index contributed by atoms with van der Waals surface area (Å²) in [6, 6.07) is 5.57. The minimum atomic E-state index is -4.52. The van der Waals surface area contributed by atoms with Gasteiger partial charge in [-0.3, -0.25) is 5.84 Å². The van der Waals surface area contributed by atoms with Crippen LogP contribution in [0.3, 0.4) is 0 Å². The maximum Gasteiger partial charge on any atom is 0.433 e. The molecule has 0 aliphatic heterocycles. The van der Waals surface area contributed by atoms with Gasteiger partial charge in [-0.15, -0.1) is 0 Å². The molecule has 1 heterocycles. The Morgan fingerprint density at radius 2 is 2.05 bits per heavy atom. The first kappa shape index (κ1) is 14.4. The standard InChI is InChI=1S/C13H14F3N3O/c1-2-5-20-8-3-4-10-9(6-8)11(19-17)7-12(18-10)13(14,15)16/h3-4,6-7H,2,5,17H2,1H3,(H,18,19). The number of hydrogen-bond acceptors (Lipinski definition) is 4. The predicted molar refractivity (Wildman–Crippen MR) is 70.3 cm³/mol. The van der Waals surface area contributed by atoms with Crippen molar-refractivity contribution in [1.82, 2.24) is 4.98 Å². The topological polar surface area (TPSA) is 60.2 Å². The lowest BCUT2D eigenvalue weighted by Gasteiger charge is -2.12. The maximum atomic E-state index is 12.7. The SMILES string of the molecule is CCCOc1ccc2nc(C(F)(F)F)cc(NN)c2c1. The number of anilines is 1. The predicted octanol–water partition coefficient (Wildman–Crippen LogP) is 3.33. The van der Waals surface area contributed by atoms with Gasteiger partial charge in [0.2, 0.25) is 0 Å². The van der Waals surface area contributed by atoms with E-state index in [2.05, 4.69) is 10.4 Å². The number of benzene rings is 1. The number of alkyl halides is 3. The second-order valence-electron chi connectivity index (χ2n) is 4.22. The molecule has 0 saturated heterocycles. The summed E-state index contributed by atoms with van der Waals surface area (Å²) < 4.78 is 43.6. The molecule has 0 bridgehead atoms. The number of nitrogens with two attached hydrogens (primary N) is 1. The van der Waals surface area contributed by atoms with E-state index in [0.717, 1.165) is 12.5 Å². The van der Waals surface area contributed by atoms with E-state index in [0.29, 0.717) is 17.7 Å². The number of pyridine rings is 1. The first-order chi connectivity index (χ1) is 9.45. The number of aromatic nitrogens is 1. The maximum absolute atomic E-state index is 12.7. The van der Waals surface area contributed by atoms with Gasteiger partial charge in [0.25, 0.3) is 0 Å².